The molecule has 162 valence electrons. The van der Waals surface area contributed by atoms with E-state index in [2.05, 4.69) is 10.0 Å². The van der Waals surface area contributed by atoms with Gasteiger partial charge in [0.1, 0.15) is 11.8 Å². The van der Waals surface area contributed by atoms with Crippen LogP contribution in [0, 0.1) is 13.8 Å². The van der Waals surface area contributed by atoms with E-state index >= 15 is 0 Å². The zero-order valence-corrected chi connectivity index (χ0v) is 18.6. The molecule has 2 N–H and O–H groups in total. The fourth-order valence-electron chi connectivity index (χ4n) is 3.24. The van der Waals surface area contributed by atoms with Crippen LogP contribution in [0.25, 0.3) is 0 Å². The topological polar surface area (TPSA) is 84.5 Å². The van der Waals surface area contributed by atoms with Crippen LogP contribution in [0.5, 0.6) is 5.75 Å². The summed E-state index contributed by atoms with van der Waals surface area (Å²) in [5.74, 6) is 0.170. The lowest BCUT2D eigenvalue weighted by atomic mass is 10.1. The second kappa shape index (κ2) is 9.76. The molecule has 0 heterocycles. The second-order valence-corrected chi connectivity index (χ2v) is 9.01. The minimum atomic E-state index is -3.94. The van der Waals surface area contributed by atoms with Crippen molar-refractivity contribution in [3.63, 3.8) is 0 Å². The normalized spacial score (nSPS) is 12.2. The van der Waals surface area contributed by atoms with Crippen LogP contribution in [0.3, 0.4) is 0 Å². The van der Waals surface area contributed by atoms with E-state index in [-0.39, 0.29) is 11.3 Å². The number of anilines is 1. The van der Waals surface area contributed by atoms with Crippen molar-refractivity contribution < 1.29 is 17.9 Å². The average Bonchev–Trinajstić information content (AvgIpc) is 2.75. The molecule has 3 rings (SSSR count). The Morgan fingerprint density at radius 1 is 0.935 bits per heavy atom. The number of methoxy groups -OCH3 is 1. The molecule has 1 amide bonds. The zero-order valence-electron chi connectivity index (χ0n) is 17.8. The number of rotatable bonds is 8. The van der Waals surface area contributed by atoms with Gasteiger partial charge in [-0.1, -0.05) is 48.5 Å². The first-order valence-electron chi connectivity index (χ1n) is 9.87. The highest BCUT2D eigenvalue weighted by Gasteiger charge is 2.27. The number of para-hydroxylation sites is 1. The van der Waals surface area contributed by atoms with Crippen LogP contribution in [-0.2, 0) is 21.2 Å². The minimum absolute atomic E-state index is 0.0764. The average molecular weight is 439 g/mol. The highest BCUT2D eigenvalue weighted by Crippen LogP contribution is 2.22. The standard InChI is InChI=1S/C24H26N2O4S/c1-17-9-7-8-12-21(17)25-24(27)22(16-19-10-5-4-6-11-19)26-31(28,29)20-13-14-23(30-3)18(2)15-20/h4-15,22,26H,16H2,1-3H3,(H,25,27)/t22-/m0/s1. The first kappa shape index (κ1) is 22.5. The predicted octanol–water partition coefficient (Wildman–Crippen LogP) is 3.84. The molecule has 31 heavy (non-hydrogen) atoms. The van der Waals surface area contributed by atoms with Gasteiger partial charge in [-0.25, -0.2) is 8.42 Å². The fraction of sp³-hybridized carbons (Fsp3) is 0.208. The van der Waals surface area contributed by atoms with Crippen LogP contribution in [-0.4, -0.2) is 27.5 Å². The molecule has 0 aromatic heterocycles. The number of aryl methyl sites for hydroxylation is 2. The highest BCUT2D eigenvalue weighted by atomic mass is 32.2. The van der Waals surface area contributed by atoms with Gasteiger partial charge in [-0.15, -0.1) is 0 Å². The largest absolute Gasteiger partial charge is 0.496 e. The fourth-order valence-corrected chi connectivity index (χ4v) is 4.52. The molecule has 7 heteroatoms. The third kappa shape index (κ3) is 5.71. The third-order valence-corrected chi connectivity index (χ3v) is 6.45. The van der Waals surface area contributed by atoms with Gasteiger partial charge in [-0.2, -0.15) is 4.72 Å². The van der Waals surface area contributed by atoms with Crippen LogP contribution in [0.15, 0.2) is 77.7 Å². The van der Waals surface area contributed by atoms with Crippen molar-refractivity contribution in [3.05, 3.63) is 89.5 Å². The maximum atomic E-state index is 13.1. The summed E-state index contributed by atoms with van der Waals surface area (Å²) in [6.07, 6.45) is 0.215. The molecule has 0 unspecified atom stereocenters. The quantitative estimate of drug-likeness (QED) is 0.560. The summed E-state index contributed by atoms with van der Waals surface area (Å²) < 4.78 is 33.9. The molecular formula is C24H26N2O4S. The molecule has 0 saturated heterocycles. The molecule has 0 aliphatic rings. The van der Waals surface area contributed by atoms with Crippen LogP contribution in [0.1, 0.15) is 16.7 Å². The van der Waals surface area contributed by atoms with Crippen LogP contribution in [0.2, 0.25) is 0 Å². The summed E-state index contributed by atoms with van der Waals surface area (Å²) in [7, 11) is -2.41. The minimum Gasteiger partial charge on any atom is -0.496 e. The second-order valence-electron chi connectivity index (χ2n) is 7.30. The number of nitrogens with one attached hydrogen (secondary N) is 2. The molecule has 6 nitrogen and oxygen atoms in total. The van der Waals surface area contributed by atoms with E-state index in [1.54, 1.807) is 19.1 Å². The van der Waals surface area contributed by atoms with Crippen molar-refractivity contribution in [3.8, 4) is 5.75 Å². The molecule has 0 radical (unpaired) electrons. The molecule has 0 aliphatic heterocycles. The van der Waals surface area contributed by atoms with Gasteiger partial charge in [0.05, 0.1) is 12.0 Å². The Bertz CT molecular complexity index is 1160. The van der Waals surface area contributed by atoms with Gasteiger partial charge in [-0.3, -0.25) is 4.79 Å². The third-order valence-electron chi connectivity index (χ3n) is 4.98. The maximum absolute atomic E-state index is 13.1. The Balaban J connectivity index is 1.89. The van der Waals surface area contributed by atoms with Gasteiger partial charge >= 0.3 is 0 Å². The molecule has 1 atom stereocenters. The smallest absolute Gasteiger partial charge is 0.242 e. The van der Waals surface area contributed by atoms with Crippen molar-refractivity contribution in [1.29, 1.82) is 0 Å². The summed E-state index contributed by atoms with van der Waals surface area (Å²) in [4.78, 5) is 13.2. The number of hydrogen-bond acceptors (Lipinski definition) is 4. The summed E-state index contributed by atoms with van der Waals surface area (Å²) in [6.45, 7) is 3.65. The van der Waals surface area contributed by atoms with E-state index < -0.39 is 22.0 Å². The van der Waals surface area contributed by atoms with Gasteiger partial charge < -0.3 is 10.1 Å². The van der Waals surface area contributed by atoms with E-state index in [0.29, 0.717) is 17.0 Å². The Morgan fingerprint density at radius 2 is 1.61 bits per heavy atom. The molecule has 0 saturated carbocycles. The number of ether oxygens (including phenoxy) is 1. The summed E-state index contributed by atoms with van der Waals surface area (Å²) >= 11 is 0. The Morgan fingerprint density at radius 3 is 2.26 bits per heavy atom. The highest BCUT2D eigenvalue weighted by molar-refractivity contribution is 7.89. The van der Waals surface area contributed by atoms with E-state index in [1.165, 1.54) is 19.2 Å². The first-order valence-corrected chi connectivity index (χ1v) is 11.4. The lowest BCUT2D eigenvalue weighted by Gasteiger charge is -2.20. The van der Waals surface area contributed by atoms with Crippen molar-refractivity contribution >= 4 is 21.6 Å². The molecule has 0 bridgehead atoms. The first-order chi connectivity index (χ1) is 14.8. The molecule has 0 spiro atoms. The van der Waals surface area contributed by atoms with E-state index in [4.69, 9.17) is 4.74 Å². The van der Waals surface area contributed by atoms with Crippen molar-refractivity contribution in [1.82, 2.24) is 4.72 Å². The van der Waals surface area contributed by atoms with Gasteiger partial charge in [0.2, 0.25) is 15.9 Å². The molecule has 3 aromatic carbocycles. The summed E-state index contributed by atoms with van der Waals surface area (Å²) in [5.41, 5.74) is 3.07. The van der Waals surface area contributed by atoms with Crippen molar-refractivity contribution in [2.24, 2.45) is 0 Å². The summed E-state index contributed by atoms with van der Waals surface area (Å²) in [6, 6.07) is 20.3. The lowest BCUT2D eigenvalue weighted by molar-refractivity contribution is -0.117. The number of amides is 1. The van der Waals surface area contributed by atoms with Crippen molar-refractivity contribution in [2.75, 3.05) is 12.4 Å². The Kier molecular flexibility index (Phi) is 7.09. The Labute approximate surface area is 183 Å². The van der Waals surface area contributed by atoms with Gasteiger partial charge in [-0.05, 0) is 61.2 Å². The summed E-state index contributed by atoms with van der Waals surface area (Å²) in [5, 5.41) is 2.85. The van der Waals surface area contributed by atoms with Crippen LogP contribution in [0.4, 0.5) is 5.69 Å². The number of hydrogen-bond donors (Lipinski definition) is 2. The lowest BCUT2D eigenvalue weighted by Crippen LogP contribution is -2.45. The zero-order chi connectivity index (χ0) is 22.4. The van der Waals surface area contributed by atoms with E-state index in [1.807, 2.05) is 55.5 Å². The van der Waals surface area contributed by atoms with Gasteiger partial charge in [0.25, 0.3) is 0 Å². The SMILES string of the molecule is COc1ccc(S(=O)(=O)N[C@@H](Cc2ccccc2)C(=O)Nc2ccccc2C)cc1C. The number of carbonyl (C=O) groups excluding carboxylic acids is 1. The number of carbonyl (C=O) groups is 1. The van der Waals surface area contributed by atoms with Crippen LogP contribution >= 0.6 is 0 Å². The molecular weight excluding hydrogens is 412 g/mol. The molecule has 3 aromatic rings. The predicted molar refractivity (Wildman–Crippen MR) is 122 cm³/mol. The maximum Gasteiger partial charge on any atom is 0.242 e. The number of sulfonamides is 1. The van der Waals surface area contributed by atoms with Crippen molar-refractivity contribution in [2.45, 2.75) is 31.2 Å². The van der Waals surface area contributed by atoms with Gasteiger partial charge in [0, 0.05) is 5.69 Å². The molecule has 0 aliphatic carbocycles. The molecule has 0 fully saturated rings. The van der Waals surface area contributed by atoms with E-state index in [9.17, 15) is 13.2 Å². The van der Waals surface area contributed by atoms with E-state index in [0.717, 1.165) is 11.1 Å². The van der Waals surface area contributed by atoms with Gasteiger partial charge in [0.15, 0.2) is 0 Å². The monoisotopic (exact) mass is 438 g/mol. The Hall–Kier alpha value is -3.16. The van der Waals surface area contributed by atoms with Crippen LogP contribution < -0.4 is 14.8 Å². The number of benzene rings is 3.